The van der Waals surface area contributed by atoms with Crippen LogP contribution in [0.3, 0.4) is 0 Å². The highest BCUT2D eigenvalue weighted by molar-refractivity contribution is 7.85. The van der Waals surface area contributed by atoms with Crippen molar-refractivity contribution in [2.45, 2.75) is 12.8 Å². The van der Waals surface area contributed by atoms with E-state index in [1.807, 2.05) is 35.8 Å². The Morgan fingerprint density at radius 3 is 2.64 bits per heavy atom. The maximum absolute atomic E-state index is 10.5. The lowest BCUT2D eigenvalue weighted by Crippen LogP contribution is -2.23. The van der Waals surface area contributed by atoms with Crippen molar-refractivity contribution in [3.63, 3.8) is 0 Å². The van der Waals surface area contributed by atoms with E-state index in [1.165, 1.54) is 0 Å². The van der Waals surface area contributed by atoms with Crippen molar-refractivity contribution >= 4 is 10.1 Å². The summed E-state index contributed by atoms with van der Waals surface area (Å²) in [5.74, 6) is -0.179. The van der Waals surface area contributed by atoms with Crippen LogP contribution < -0.4 is 4.57 Å². The minimum Gasteiger partial charge on any atom is -0.286 e. The molecular formula is C8H15N2O3S+. The van der Waals surface area contributed by atoms with Crippen molar-refractivity contribution in [2.75, 3.05) is 5.75 Å². The topological polar surface area (TPSA) is 63.2 Å². The van der Waals surface area contributed by atoms with E-state index in [1.54, 1.807) is 0 Å². The van der Waals surface area contributed by atoms with Crippen molar-refractivity contribution in [3.05, 3.63) is 18.2 Å². The summed E-state index contributed by atoms with van der Waals surface area (Å²) in [6, 6.07) is 0. The summed E-state index contributed by atoms with van der Waals surface area (Å²) in [7, 11) is -0.00183. The van der Waals surface area contributed by atoms with Crippen LogP contribution in [0.2, 0.25) is 0 Å². The molecule has 0 aliphatic carbocycles. The molecule has 0 aliphatic heterocycles. The van der Waals surface area contributed by atoms with Gasteiger partial charge in [0.05, 0.1) is 19.8 Å². The van der Waals surface area contributed by atoms with Crippen LogP contribution in [0.25, 0.3) is 0 Å². The SMILES string of the molecule is Cn1c[n+](C)cc1CCCS(=O)(=O)O. The Bertz CT molecular complexity index is 408. The first-order valence-electron chi connectivity index (χ1n) is 4.34. The molecule has 1 aromatic heterocycles. The van der Waals surface area contributed by atoms with Crippen molar-refractivity contribution < 1.29 is 17.5 Å². The predicted molar refractivity (Wildman–Crippen MR) is 51.3 cm³/mol. The molecule has 0 aliphatic rings. The second kappa shape index (κ2) is 4.10. The smallest absolute Gasteiger partial charge is 0.264 e. The van der Waals surface area contributed by atoms with E-state index in [0.29, 0.717) is 12.8 Å². The third-order valence-corrected chi connectivity index (χ3v) is 2.80. The van der Waals surface area contributed by atoms with Crippen molar-refractivity contribution in [1.82, 2.24) is 4.57 Å². The Balaban J connectivity index is 2.50. The van der Waals surface area contributed by atoms with Crippen molar-refractivity contribution in [1.29, 1.82) is 0 Å². The number of rotatable bonds is 4. The van der Waals surface area contributed by atoms with Crippen LogP contribution in [0, 0.1) is 0 Å². The average molecular weight is 219 g/mol. The summed E-state index contributed by atoms with van der Waals surface area (Å²) < 4.78 is 33.3. The lowest BCUT2D eigenvalue weighted by Gasteiger charge is -1.95. The van der Waals surface area contributed by atoms with Crippen LogP contribution >= 0.6 is 0 Å². The Morgan fingerprint density at radius 1 is 1.57 bits per heavy atom. The highest BCUT2D eigenvalue weighted by Gasteiger charge is 2.10. The van der Waals surface area contributed by atoms with E-state index >= 15 is 0 Å². The molecule has 0 saturated heterocycles. The third kappa shape index (κ3) is 3.47. The van der Waals surface area contributed by atoms with E-state index < -0.39 is 10.1 Å². The van der Waals surface area contributed by atoms with Gasteiger partial charge in [-0.15, -0.1) is 0 Å². The zero-order valence-electron chi connectivity index (χ0n) is 8.34. The van der Waals surface area contributed by atoms with Gasteiger partial charge in [0.15, 0.2) is 0 Å². The lowest BCUT2D eigenvalue weighted by molar-refractivity contribution is -0.671. The number of aryl methyl sites for hydroxylation is 3. The van der Waals surface area contributed by atoms with Crippen molar-refractivity contribution in [3.8, 4) is 0 Å². The molecule has 0 atom stereocenters. The number of hydrogen-bond acceptors (Lipinski definition) is 2. The third-order valence-electron chi connectivity index (χ3n) is 2.00. The summed E-state index contributed by atoms with van der Waals surface area (Å²) >= 11 is 0. The molecule has 1 heterocycles. The number of hydrogen-bond donors (Lipinski definition) is 1. The molecule has 1 aromatic rings. The maximum atomic E-state index is 10.5. The summed E-state index contributed by atoms with van der Waals surface area (Å²) in [6.45, 7) is 0. The van der Waals surface area contributed by atoms with Gasteiger partial charge in [0, 0.05) is 6.42 Å². The van der Waals surface area contributed by atoms with Crippen LogP contribution in [-0.2, 0) is 30.6 Å². The zero-order chi connectivity index (χ0) is 10.8. The molecule has 0 spiro atoms. The van der Waals surface area contributed by atoms with E-state index in [0.717, 1.165) is 5.69 Å². The molecule has 14 heavy (non-hydrogen) atoms. The number of nitrogens with zero attached hydrogens (tertiary/aromatic N) is 2. The first kappa shape index (κ1) is 11.2. The fourth-order valence-corrected chi connectivity index (χ4v) is 1.89. The van der Waals surface area contributed by atoms with Crippen LogP contribution in [-0.4, -0.2) is 23.3 Å². The van der Waals surface area contributed by atoms with Gasteiger partial charge < -0.3 is 0 Å². The average Bonchev–Trinajstić information content (AvgIpc) is 2.27. The first-order chi connectivity index (χ1) is 6.38. The molecular weight excluding hydrogens is 204 g/mol. The second-order valence-corrected chi connectivity index (χ2v) is 4.97. The molecule has 0 fully saturated rings. The van der Waals surface area contributed by atoms with E-state index in [4.69, 9.17) is 4.55 Å². The Kier molecular flexibility index (Phi) is 3.28. The van der Waals surface area contributed by atoms with Crippen LogP contribution in [0.15, 0.2) is 12.5 Å². The number of imidazole rings is 1. The minimum absolute atomic E-state index is 0.179. The molecule has 1 rings (SSSR count). The molecule has 0 amide bonds. The van der Waals surface area contributed by atoms with Gasteiger partial charge in [0.25, 0.3) is 10.1 Å². The van der Waals surface area contributed by atoms with Crippen LogP contribution in [0.4, 0.5) is 0 Å². The summed E-state index contributed by atoms with van der Waals surface area (Å²) in [4.78, 5) is 0. The highest BCUT2D eigenvalue weighted by atomic mass is 32.2. The molecule has 1 N–H and O–H groups in total. The standard InChI is InChI=1S/C8H14N2O3S/c1-9-6-8(10(2)7-9)4-3-5-14(11,12)13/h6-7H,3-5H2,1-2H3/p+1. The Labute approximate surface area is 83.7 Å². The largest absolute Gasteiger partial charge is 0.286 e. The molecule has 0 unspecified atom stereocenters. The quantitative estimate of drug-likeness (QED) is 0.557. The van der Waals surface area contributed by atoms with Crippen molar-refractivity contribution in [2.24, 2.45) is 14.1 Å². The first-order valence-corrected chi connectivity index (χ1v) is 5.95. The molecule has 0 bridgehead atoms. The summed E-state index contributed by atoms with van der Waals surface area (Å²) in [5, 5.41) is 0. The van der Waals surface area contributed by atoms with Crippen LogP contribution in [0.5, 0.6) is 0 Å². The van der Waals surface area contributed by atoms with Crippen LogP contribution in [0.1, 0.15) is 12.1 Å². The summed E-state index contributed by atoms with van der Waals surface area (Å²) in [6.07, 6.45) is 4.93. The second-order valence-electron chi connectivity index (χ2n) is 3.40. The van der Waals surface area contributed by atoms with E-state index in [2.05, 4.69) is 0 Å². The maximum Gasteiger partial charge on any atom is 0.264 e. The molecule has 5 nitrogen and oxygen atoms in total. The molecule has 0 aromatic carbocycles. The van der Waals surface area contributed by atoms with Gasteiger partial charge in [0.2, 0.25) is 6.33 Å². The number of aromatic nitrogens is 2. The highest BCUT2D eigenvalue weighted by Crippen LogP contribution is 2.00. The fourth-order valence-electron chi connectivity index (χ4n) is 1.38. The predicted octanol–water partition coefficient (Wildman–Crippen LogP) is -0.330. The van der Waals surface area contributed by atoms with Gasteiger partial charge >= 0.3 is 0 Å². The van der Waals surface area contributed by atoms with Gasteiger partial charge in [-0.3, -0.25) is 4.55 Å². The fraction of sp³-hybridized carbons (Fsp3) is 0.625. The van der Waals surface area contributed by atoms with Gasteiger partial charge in [-0.25, -0.2) is 9.13 Å². The monoisotopic (exact) mass is 219 g/mol. The Morgan fingerprint density at radius 2 is 2.21 bits per heavy atom. The lowest BCUT2D eigenvalue weighted by atomic mass is 10.3. The zero-order valence-corrected chi connectivity index (χ0v) is 9.16. The Hall–Kier alpha value is -0.880. The van der Waals surface area contributed by atoms with E-state index in [-0.39, 0.29) is 5.75 Å². The molecule has 0 radical (unpaired) electrons. The van der Waals surface area contributed by atoms with Gasteiger partial charge in [-0.2, -0.15) is 8.42 Å². The summed E-state index contributed by atoms with van der Waals surface area (Å²) in [5.41, 5.74) is 1.05. The molecule has 80 valence electrons. The van der Waals surface area contributed by atoms with Gasteiger partial charge in [-0.05, 0) is 6.42 Å². The van der Waals surface area contributed by atoms with Gasteiger partial charge in [0.1, 0.15) is 11.9 Å². The minimum atomic E-state index is -3.82. The molecule has 6 heteroatoms. The molecule has 0 saturated carbocycles. The normalized spacial score (nSPS) is 11.9. The van der Waals surface area contributed by atoms with E-state index in [9.17, 15) is 8.42 Å². The van der Waals surface area contributed by atoms with Gasteiger partial charge in [-0.1, -0.05) is 0 Å².